The van der Waals surface area contributed by atoms with Crippen LogP contribution >= 0.6 is 0 Å². The van der Waals surface area contributed by atoms with Gasteiger partial charge in [0.2, 0.25) is 0 Å². The normalized spacial score (nSPS) is 10.2. The van der Waals surface area contributed by atoms with Gasteiger partial charge in [0.15, 0.2) is 0 Å². The number of likely N-dealkylation sites (N-methyl/N-ethyl adjacent to an activating group) is 2. The summed E-state index contributed by atoms with van der Waals surface area (Å²) in [5, 5.41) is 3.28. The zero-order valence-electron chi connectivity index (χ0n) is 9.12. The first-order valence-corrected chi connectivity index (χ1v) is 4.95. The summed E-state index contributed by atoms with van der Waals surface area (Å²) in [5.41, 5.74) is 0.978. The van der Waals surface area contributed by atoms with Crippen LogP contribution in [0.1, 0.15) is 12.6 Å². The Labute approximate surface area is 85.4 Å². The second-order valence-corrected chi connectivity index (χ2v) is 3.24. The zero-order valence-corrected chi connectivity index (χ0v) is 9.12. The van der Waals surface area contributed by atoms with Crippen molar-refractivity contribution in [2.45, 2.75) is 13.8 Å². The smallest absolute Gasteiger partial charge is 0.149 e. The number of anilines is 1. The van der Waals surface area contributed by atoms with Crippen LogP contribution in [0.25, 0.3) is 0 Å². The summed E-state index contributed by atoms with van der Waals surface area (Å²) in [7, 11) is 2.04. The first-order valence-electron chi connectivity index (χ1n) is 4.95. The lowest BCUT2D eigenvalue weighted by molar-refractivity contribution is 0.701. The molecule has 0 fully saturated rings. The largest absolute Gasteiger partial charge is 0.357 e. The van der Waals surface area contributed by atoms with E-state index in [9.17, 15) is 0 Å². The van der Waals surface area contributed by atoms with Crippen LogP contribution in [0.15, 0.2) is 12.4 Å². The lowest BCUT2D eigenvalue weighted by Crippen LogP contribution is -2.30. The second-order valence-electron chi connectivity index (χ2n) is 3.24. The quantitative estimate of drug-likeness (QED) is 0.705. The van der Waals surface area contributed by atoms with Crippen molar-refractivity contribution in [2.75, 3.05) is 31.6 Å². The molecule has 1 rings (SSSR count). The maximum Gasteiger partial charge on any atom is 0.149 e. The molecule has 0 aliphatic heterocycles. The van der Waals surface area contributed by atoms with Crippen molar-refractivity contribution in [1.29, 1.82) is 0 Å². The number of hydrogen-bond acceptors (Lipinski definition) is 4. The Kier molecular flexibility index (Phi) is 4.32. The first kappa shape index (κ1) is 10.9. The van der Waals surface area contributed by atoms with Crippen LogP contribution in [0, 0.1) is 6.92 Å². The third kappa shape index (κ3) is 2.96. The first-order chi connectivity index (χ1) is 6.75. The molecule has 0 aliphatic rings. The number of hydrogen-bond donors (Lipinski definition) is 1. The summed E-state index contributed by atoms with van der Waals surface area (Å²) >= 11 is 0. The molecule has 0 spiro atoms. The highest BCUT2D eigenvalue weighted by atomic mass is 15.2. The molecule has 1 N–H and O–H groups in total. The Morgan fingerprint density at radius 1 is 1.36 bits per heavy atom. The monoisotopic (exact) mass is 194 g/mol. The fourth-order valence-corrected chi connectivity index (χ4v) is 1.30. The molecule has 4 heteroatoms. The second kappa shape index (κ2) is 5.54. The SMILES string of the molecule is CCNCCN(C)c1nccnc1C. The summed E-state index contributed by atoms with van der Waals surface area (Å²) in [6, 6.07) is 0. The Morgan fingerprint density at radius 3 is 2.71 bits per heavy atom. The van der Waals surface area contributed by atoms with Gasteiger partial charge in [-0.3, -0.25) is 4.98 Å². The maximum atomic E-state index is 4.29. The minimum absolute atomic E-state index is 0.952. The Hall–Kier alpha value is -1.16. The number of nitrogens with one attached hydrogen (secondary N) is 1. The van der Waals surface area contributed by atoms with Gasteiger partial charge in [0.1, 0.15) is 5.82 Å². The molecule has 14 heavy (non-hydrogen) atoms. The van der Waals surface area contributed by atoms with Crippen LogP contribution in [-0.4, -0.2) is 36.6 Å². The molecular formula is C10H18N4. The van der Waals surface area contributed by atoms with Crippen LogP contribution in [0.3, 0.4) is 0 Å². The molecule has 4 nitrogen and oxygen atoms in total. The number of aryl methyl sites for hydroxylation is 1. The third-order valence-corrected chi connectivity index (χ3v) is 2.09. The van der Waals surface area contributed by atoms with Crippen LogP contribution in [0.4, 0.5) is 5.82 Å². The molecule has 0 atom stereocenters. The van der Waals surface area contributed by atoms with E-state index < -0.39 is 0 Å². The molecule has 0 aliphatic carbocycles. The van der Waals surface area contributed by atoms with Gasteiger partial charge < -0.3 is 10.2 Å². The van der Waals surface area contributed by atoms with Gasteiger partial charge in [0.25, 0.3) is 0 Å². The van der Waals surface area contributed by atoms with E-state index in [0.717, 1.165) is 31.1 Å². The molecular weight excluding hydrogens is 176 g/mol. The lowest BCUT2D eigenvalue weighted by Gasteiger charge is -2.19. The van der Waals surface area contributed by atoms with Crippen molar-refractivity contribution >= 4 is 5.82 Å². The fourth-order valence-electron chi connectivity index (χ4n) is 1.30. The standard InChI is InChI=1S/C10H18N4/c1-4-11-7-8-14(3)10-9(2)12-5-6-13-10/h5-6,11H,4,7-8H2,1-3H3. The topological polar surface area (TPSA) is 41.0 Å². The summed E-state index contributed by atoms with van der Waals surface area (Å²) in [6.45, 7) is 7.02. The number of rotatable bonds is 5. The molecule has 0 unspecified atom stereocenters. The van der Waals surface area contributed by atoms with Crippen LogP contribution in [0.5, 0.6) is 0 Å². The van der Waals surface area contributed by atoms with Gasteiger partial charge in [-0.15, -0.1) is 0 Å². The fraction of sp³-hybridized carbons (Fsp3) is 0.600. The maximum absolute atomic E-state index is 4.29. The lowest BCUT2D eigenvalue weighted by atomic mass is 10.4. The summed E-state index contributed by atoms with van der Waals surface area (Å²) in [5.74, 6) is 0.963. The molecule has 0 aromatic carbocycles. The van der Waals surface area contributed by atoms with E-state index in [1.807, 2.05) is 14.0 Å². The molecule has 0 saturated heterocycles. The van der Waals surface area contributed by atoms with Gasteiger partial charge in [0, 0.05) is 32.5 Å². The van der Waals surface area contributed by atoms with E-state index in [1.54, 1.807) is 12.4 Å². The average molecular weight is 194 g/mol. The van der Waals surface area contributed by atoms with Gasteiger partial charge in [-0.2, -0.15) is 0 Å². The van der Waals surface area contributed by atoms with Gasteiger partial charge >= 0.3 is 0 Å². The van der Waals surface area contributed by atoms with Crippen LogP contribution in [-0.2, 0) is 0 Å². The Bertz CT molecular complexity index is 275. The number of aromatic nitrogens is 2. The van der Waals surface area contributed by atoms with Crippen molar-refractivity contribution in [2.24, 2.45) is 0 Å². The molecule has 0 saturated carbocycles. The van der Waals surface area contributed by atoms with Gasteiger partial charge in [0.05, 0.1) is 5.69 Å². The van der Waals surface area contributed by atoms with Gasteiger partial charge in [-0.1, -0.05) is 6.92 Å². The summed E-state index contributed by atoms with van der Waals surface area (Å²) in [6.07, 6.45) is 3.45. The van der Waals surface area contributed by atoms with Crippen molar-refractivity contribution < 1.29 is 0 Å². The van der Waals surface area contributed by atoms with Crippen molar-refractivity contribution in [3.05, 3.63) is 18.1 Å². The predicted molar refractivity (Wildman–Crippen MR) is 58.6 cm³/mol. The molecule has 0 amide bonds. The Balaban J connectivity index is 2.51. The van der Waals surface area contributed by atoms with E-state index in [2.05, 4.69) is 27.1 Å². The van der Waals surface area contributed by atoms with E-state index in [4.69, 9.17) is 0 Å². The molecule has 1 heterocycles. The average Bonchev–Trinajstić information content (AvgIpc) is 2.18. The Morgan fingerprint density at radius 2 is 2.07 bits per heavy atom. The van der Waals surface area contributed by atoms with E-state index in [0.29, 0.717) is 0 Å². The van der Waals surface area contributed by atoms with E-state index in [1.165, 1.54) is 0 Å². The zero-order chi connectivity index (χ0) is 10.4. The molecule has 78 valence electrons. The minimum Gasteiger partial charge on any atom is -0.357 e. The summed E-state index contributed by atoms with van der Waals surface area (Å²) < 4.78 is 0. The van der Waals surface area contributed by atoms with Crippen molar-refractivity contribution in [3.8, 4) is 0 Å². The molecule has 0 bridgehead atoms. The van der Waals surface area contributed by atoms with E-state index >= 15 is 0 Å². The highest BCUT2D eigenvalue weighted by molar-refractivity contribution is 5.40. The number of nitrogens with zero attached hydrogens (tertiary/aromatic N) is 3. The van der Waals surface area contributed by atoms with Gasteiger partial charge in [-0.25, -0.2) is 4.98 Å². The molecule has 1 aromatic rings. The van der Waals surface area contributed by atoms with Crippen molar-refractivity contribution in [3.63, 3.8) is 0 Å². The third-order valence-electron chi connectivity index (χ3n) is 2.09. The minimum atomic E-state index is 0.952. The van der Waals surface area contributed by atoms with Gasteiger partial charge in [-0.05, 0) is 13.5 Å². The van der Waals surface area contributed by atoms with Crippen molar-refractivity contribution in [1.82, 2.24) is 15.3 Å². The van der Waals surface area contributed by atoms with Crippen LogP contribution in [0.2, 0.25) is 0 Å². The van der Waals surface area contributed by atoms with Crippen LogP contribution < -0.4 is 10.2 Å². The highest BCUT2D eigenvalue weighted by Crippen LogP contribution is 2.10. The predicted octanol–water partition coefficient (Wildman–Crippen LogP) is 0.831. The van der Waals surface area contributed by atoms with E-state index in [-0.39, 0.29) is 0 Å². The summed E-state index contributed by atoms with van der Waals surface area (Å²) in [4.78, 5) is 10.6. The highest BCUT2D eigenvalue weighted by Gasteiger charge is 2.04. The molecule has 1 aromatic heterocycles. The molecule has 0 radical (unpaired) electrons.